The molecule has 0 aliphatic carbocycles. The van der Waals surface area contributed by atoms with Gasteiger partial charge in [-0.1, -0.05) is 60.7 Å². The molecule has 1 heterocycles. The summed E-state index contributed by atoms with van der Waals surface area (Å²) in [7, 11) is 0. The van der Waals surface area contributed by atoms with Crippen LogP contribution < -0.4 is 15.3 Å². The molecule has 0 aliphatic heterocycles. The van der Waals surface area contributed by atoms with E-state index in [2.05, 4.69) is 15.5 Å². The third kappa shape index (κ3) is 4.79. The highest BCUT2D eigenvalue weighted by Gasteiger charge is 2.13. The van der Waals surface area contributed by atoms with E-state index in [-0.39, 0.29) is 0 Å². The van der Waals surface area contributed by atoms with Crippen molar-refractivity contribution in [2.45, 2.75) is 0 Å². The molecule has 0 atom stereocenters. The molecule has 158 valence electrons. The smallest absolute Gasteiger partial charge is 0.272 e. The number of carbonyl (C=O) groups is 2. The number of carboxylic acid groups (broad SMARTS) is 1. The maximum Gasteiger partial charge on any atom is 0.272 e. The number of nitrogens with zero attached hydrogens (tertiary/aromatic N) is 2. The van der Waals surface area contributed by atoms with Crippen LogP contribution in [0, 0.1) is 0 Å². The molecule has 0 saturated carbocycles. The molecule has 4 aromatic rings. The van der Waals surface area contributed by atoms with Crippen LogP contribution in [0.15, 0.2) is 90.0 Å². The predicted molar refractivity (Wildman–Crippen MR) is 119 cm³/mol. The Morgan fingerprint density at radius 1 is 0.969 bits per heavy atom. The third-order valence-corrected chi connectivity index (χ3v) is 4.66. The minimum absolute atomic E-state index is 0.315. The Morgan fingerprint density at radius 3 is 2.50 bits per heavy atom. The quantitative estimate of drug-likeness (QED) is 0.363. The molecule has 0 aliphatic rings. The monoisotopic (exact) mass is 424 g/mol. The van der Waals surface area contributed by atoms with E-state index in [1.54, 1.807) is 30.3 Å². The van der Waals surface area contributed by atoms with Crippen LogP contribution in [0.3, 0.4) is 0 Å². The maximum atomic E-state index is 13.0. The van der Waals surface area contributed by atoms with E-state index in [0.29, 0.717) is 33.5 Å². The molecule has 0 bridgehead atoms. The number of carbonyl (C=O) groups excluding carboxylic acids is 2. The van der Waals surface area contributed by atoms with Crippen LogP contribution in [0.1, 0.15) is 15.9 Å². The molecule has 0 saturated heterocycles. The summed E-state index contributed by atoms with van der Waals surface area (Å²) < 4.78 is 5.19. The first-order valence-electron chi connectivity index (χ1n) is 9.82. The molecule has 7 nitrogen and oxygen atoms in total. The average molecular weight is 424 g/mol. The van der Waals surface area contributed by atoms with Crippen molar-refractivity contribution in [3.8, 4) is 17.0 Å². The number of nitrogens with one attached hydrogen (secondary N) is 1. The van der Waals surface area contributed by atoms with Crippen molar-refractivity contribution in [2.75, 3.05) is 6.61 Å². The van der Waals surface area contributed by atoms with Gasteiger partial charge in [-0.2, -0.15) is 5.10 Å². The first-order chi connectivity index (χ1) is 15.6. The molecule has 32 heavy (non-hydrogen) atoms. The molecule has 4 rings (SSSR count). The van der Waals surface area contributed by atoms with Crippen molar-refractivity contribution < 1.29 is 19.4 Å². The second kappa shape index (κ2) is 9.53. The Morgan fingerprint density at radius 2 is 1.69 bits per heavy atom. The van der Waals surface area contributed by atoms with Crippen molar-refractivity contribution in [3.05, 3.63) is 96.1 Å². The number of fused-ring (bicyclic) bond motifs is 1. The summed E-state index contributed by atoms with van der Waals surface area (Å²) in [6, 6.07) is 25.5. The molecule has 3 aromatic carbocycles. The molecule has 1 amide bonds. The number of amides is 1. The second-order valence-electron chi connectivity index (χ2n) is 6.84. The van der Waals surface area contributed by atoms with Gasteiger partial charge in [-0.3, -0.25) is 4.79 Å². The van der Waals surface area contributed by atoms with Crippen molar-refractivity contribution in [2.24, 2.45) is 5.10 Å². The van der Waals surface area contributed by atoms with Crippen molar-refractivity contribution in [3.63, 3.8) is 0 Å². The second-order valence-corrected chi connectivity index (χ2v) is 6.84. The lowest BCUT2D eigenvalue weighted by Gasteiger charge is -2.10. The number of carboxylic acids is 1. The number of hydrazone groups is 1. The van der Waals surface area contributed by atoms with E-state index in [9.17, 15) is 14.7 Å². The van der Waals surface area contributed by atoms with Gasteiger partial charge in [0.1, 0.15) is 12.4 Å². The van der Waals surface area contributed by atoms with Gasteiger partial charge in [-0.25, -0.2) is 10.4 Å². The number of para-hydroxylation sites is 2. The summed E-state index contributed by atoms with van der Waals surface area (Å²) >= 11 is 0. The zero-order valence-corrected chi connectivity index (χ0v) is 16.9. The van der Waals surface area contributed by atoms with Crippen LogP contribution in [0.2, 0.25) is 0 Å². The lowest BCUT2D eigenvalue weighted by Crippen LogP contribution is -2.29. The highest BCUT2D eigenvalue weighted by molar-refractivity contribution is 6.07. The number of pyridine rings is 1. The summed E-state index contributed by atoms with van der Waals surface area (Å²) in [6.45, 7) is -0.581. The first kappa shape index (κ1) is 20.7. The van der Waals surface area contributed by atoms with E-state index < -0.39 is 18.5 Å². The van der Waals surface area contributed by atoms with Crippen molar-refractivity contribution in [1.82, 2.24) is 10.4 Å². The Kier molecular flexibility index (Phi) is 6.17. The minimum atomic E-state index is -1.33. The zero-order valence-electron chi connectivity index (χ0n) is 16.9. The van der Waals surface area contributed by atoms with Crippen LogP contribution >= 0.6 is 0 Å². The van der Waals surface area contributed by atoms with E-state index in [4.69, 9.17) is 4.74 Å². The van der Waals surface area contributed by atoms with E-state index in [1.807, 2.05) is 54.6 Å². The summed E-state index contributed by atoms with van der Waals surface area (Å²) in [4.78, 5) is 28.3. The molecule has 0 radical (unpaired) electrons. The number of aromatic nitrogens is 1. The first-order valence-corrected chi connectivity index (χ1v) is 9.82. The van der Waals surface area contributed by atoms with Crippen LogP contribution in [-0.2, 0) is 4.79 Å². The van der Waals surface area contributed by atoms with Gasteiger partial charge in [-0.15, -0.1) is 0 Å². The largest absolute Gasteiger partial charge is 0.546 e. The normalized spacial score (nSPS) is 10.9. The molecular weight excluding hydrogens is 406 g/mol. The van der Waals surface area contributed by atoms with Gasteiger partial charge in [-0.05, 0) is 24.3 Å². The van der Waals surface area contributed by atoms with Crippen molar-refractivity contribution in [1.29, 1.82) is 0 Å². The molecule has 7 heteroatoms. The molecule has 1 N–H and O–H groups in total. The van der Waals surface area contributed by atoms with Gasteiger partial charge in [0.2, 0.25) is 0 Å². The van der Waals surface area contributed by atoms with Gasteiger partial charge < -0.3 is 14.6 Å². The van der Waals surface area contributed by atoms with Crippen molar-refractivity contribution >= 4 is 29.0 Å². The van der Waals surface area contributed by atoms with Gasteiger partial charge in [0.25, 0.3) is 5.91 Å². The van der Waals surface area contributed by atoms with E-state index >= 15 is 0 Å². The SMILES string of the molecule is O=C([O-])COc1ccccc1/C=N/NC(=O)c1cc(-c2ccccc2)nc2ccccc12. The van der Waals surface area contributed by atoms with E-state index in [1.165, 1.54) is 6.21 Å². The fraction of sp³-hybridized carbons (Fsp3) is 0.0400. The fourth-order valence-corrected chi connectivity index (χ4v) is 3.20. The number of ether oxygens (including phenoxy) is 1. The molecule has 0 spiro atoms. The highest BCUT2D eigenvalue weighted by Crippen LogP contribution is 2.24. The number of aliphatic carboxylic acids is 1. The number of benzene rings is 3. The third-order valence-electron chi connectivity index (χ3n) is 4.66. The summed E-state index contributed by atoms with van der Waals surface area (Å²) in [5.74, 6) is -1.41. The number of hydrogen-bond acceptors (Lipinski definition) is 6. The zero-order chi connectivity index (χ0) is 22.3. The Labute approximate surface area is 184 Å². The fourth-order valence-electron chi connectivity index (χ4n) is 3.20. The molecule has 0 unspecified atom stereocenters. The van der Waals surface area contributed by atoms with E-state index in [0.717, 1.165) is 5.56 Å². The Bertz CT molecular complexity index is 1300. The van der Waals surface area contributed by atoms with Gasteiger partial charge in [0.15, 0.2) is 0 Å². The standard InChI is InChI=1S/C25H19N3O4/c29-24(30)16-32-23-13-7-4-10-18(23)15-26-28-25(31)20-14-22(17-8-2-1-3-9-17)27-21-12-6-5-11-19(20)21/h1-15H,16H2,(H,28,31)(H,29,30)/p-1/b26-15+. The van der Waals surface area contributed by atoms with Crippen LogP contribution in [0.25, 0.3) is 22.2 Å². The van der Waals surface area contributed by atoms with Crippen LogP contribution in [0.5, 0.6) is 5.75 Å². The summed E-state index contributed by atoms with van der Waals surface area (Å²) in [5, 5.41) is 15.4. The number of rotatable bonds is 7. The molecule has 1 aromatic heterocycles. The topological polar surface area (TPSA) is 104 Å². The molecular formula is C25H18N3O4-. The maximum absolute atomic E-state index is 13.0. The Hall–Kier alpha value is -4.52. The van der Waals surface area contributed by atoms with Gasteiger partial charge >= 0.3 is 0 Å². The summed E-state index contributed by atoms with van der Waals surface area (Å²) in [6.07, 6.45) is 1.39. The van der Waals surface area contributed by atoms with Gasteiger partial charge in [0, 0.05) is 16.5 Å². The van der Waals surface area contributed by atoms with Crippen LogP contribution in [-0.4, -0.2) is 29.7 Å². The van der Waals surface area contributed by atoms with Crippen LogP contribution in [0.4, 0.5) is 0 Å². The highest BCUT2D eigenvalue weighted by atomic mass is 16.5. The summed E-state index contributed by atoms with van der Waals surface area (Å²) in [5.41, 5.74) is 5.76. The lowest BCUT2D eigenvalue weighted by atomic mass is 10.0. The average Bonchev–Trinajstić information content (AvgIpc) is 2.83. The predicted octanol–water partition coefficient (Wildman–Crippen LogP) is 2.79. The Balaban J connectivity index is 1.60. The van der Waals surface area contributed by atoms with Gasteiger partial charge in [0.05, 0.1) is 29.0 Å². The molecule has 0 fully saturated rings. The lowest BCUT2D eigenvalue weighted by molar-refractivity contribution is -0.307. The number of hydrogen-bond donors (Lipinski definition) is 1. The minimum Gasteiger partial charge on any atom is -0.546 e.